The zero-order valence-corrected chi connectivity index (χ0v) is 80.6. The predicted molar refractivity (Wildman–Crippen MR) is 516 cm³/mol. The Balaban J connectivity index is 0.972. The summed E-state index contributed by atoms with van der Waals surface area (Å²) in [6.45, 7) is 41.9. The summed E-state index contributed by atoms with van der Waals surface area (Å²) in [7, 11) is -13.4. The minimum absolute atomic E-state index is 0.785. The average Bonchev–Trinajstić information content (AvgIpc) is 0.749. The van der Waals surface area contributed by atoms with Gasteiger partial charge in [-0.3, -0.25) is 0 Å². The Morgan fingerprint density at radius 1 is 0.169 bits per heavy atom. The first-order chi connectivity index (χ1) is 57.0. The van der Waals surface area contributed by atoms with Crippen LogP contribution in [0.1, 0.15) is 169 Å². The third kappa shape index (κ3) is 18.0. The third-order valence-electron chi connectivity index (χ3n) is 29.0. The Morgan fingerprint density at radius 2 is 0.280 bits per heavy atom. The maximum Gasteiger partial charge on any atom is 0.194 e. The molecule has 28 rings (SSSR count). The van der Waals surface area contributed by atoms with Gasteiger partial charge in [-0.25, -0.2) is 0 Å². The van der Waals surface area contributed by atoms with Gasteiger partial charge >= 0.3 is 0 Å². The van der Waals surface area contributed by atoms with Crippen LogP contribution < -0.4 is 0 Å². The van der Waals surface area contributed by atoms with Gasteiger partial charge in [0, 0.05) is 11.1 Å². The summed E-state index contributed by atoms with van der Waals surface area (Å²) in [6, 6.07) is 90.7. The lowest BCUT2D eigenvalue weighted by Crippen LogP contribution is -2.48. The van der Waals surface area contributed by atoms with E-state index in [0.717, 1.165) is 198 Å². The second-order valence-electron chi connectivity index (χ2n) is 34.0. The van der Waals surface area contributed by atoms with Crippen LogP contribution in [0.3, 0.4) is 0 Å². The van der Waals surface area contributed by atoms with Gasteiger partial charge < -0.3 is 26.6 Å². The van der Waals surface area contributed by atoms with Crippen LogP contribution in [-0.4, -0.2) is 49.9 Å². The summed E-state index contributed by atoms with van der Waals surface area (Å²) in [6.07, 6.45) is 28.2. The highest BCUT2D eigenvalue weighted by Crippen LogP contribution is 2.52. The number of rotatable bonds is 30. The van der Waals surface area contributed by atoms with Crippen LogP contribution in [0, 0.1) is 23.7 Å². The third-order valence-corrected chi connectivity index (χ3v) is 56.8. The van der Waals surface area contributed by atoms with E-state index in [9.17, 15) is 0 Å². The van der Waals surface area contributed by atoms with Crippen molar-refractivity contribution in [1.29, 1.82) is 0 Å². The van der Waals surface area contributed by atoms with Gasteiger partial charge in [0.15, 0.2) is 49.9 Å². The van der Waals surface area contributed by atoms with Gasteiger partial charge in [-0.05, 0) is 296 Å². The van der Waals surface area contributed by atoms with Crippen molar-refractivity contribution in [3.8, 4) is 68.2 Å². The Morgan fingerprint density at radius 3 is 0.398 bits per heavy atom. The van der Waals surface area contributed by atoms with Crippen LogP contribution >= 0.6 is 0 Å². The molecule has 22 bridgehead atoms. The molecule has 118 heavy (non-hydrogen) atoms. The first-order valence-corrected chi connectivity index (χ1v) is 60.5. The molecule has 0 heterocycles. The summed E-state index contributed by atoms with van der Waals surface area (Å²) >= 11 is 0. The first kappa shape index (κ1) is 89.6. The molecule has 0 saturated carbocycles. The molecular weight excluding hydrogens is 1540 g/mol. The van der Waals surface area contributed by atoms with Crippen LogP contribution in [-0.2, 0) is 60.2 Å². The first-order valence-electron chi connectivity index (χ1n) is 45.3. The van der Waals surface area contributed by atoms with Crippen molar-refractivity contribution in [1.82, 2.24) is 0 Å². The fraction of sp³-hybridized carbons (Fsp3) is 0.396. The Labute approximate surface area is 718 Å². The molecule has 20 aliphatic carbocycles. The van der Waals surface area contributed by atoms with Crippen LogP contribution in [0.4, 0.5) is 0 Å². The van der Waals surface area contributed by atoms with Crippen molar-refractivity contribution in [3.63, 3.8) is 0 Å². The van der Waals surface area contributed by atoms with Gasteiger partial charge in [0.2, 0.25) is 0 Å². The molecule has 0 unspecified atom stereocenters. The molecular formula is C106H134O6Si6. The normalized spacial score (nSPS) is 21.6. The molecule has 0 atom stereocenters. The van der Waals surface area contributed by atoms with E-state index in [0.29, 0.717) is 0 Å². The van der Waals surface area contributed by atoms with Crippen molar-refractivity contribution < 1.29 is 26.6 Å². The van der Waals surface area contributed by atoms with Crippen LogP contribution in [0.2, 0.25) is 109 Å². The SMILES string of the molecule is CC[Si](CC)(CC)OC12C=CC(O[Si](CC)(CC)CC)(C=C1)c1ccc(cc1)-c1ccc(cc1)-c1ccc(cc1)C1(O[Si](CC)(CC)CC)C=CC(O[Si](CC)(CC)CC)(C=C1)c1ccc(cc1)-c1ccc(cc1)-c1ccc(cc1)C1(O[Si](CC)(CC)CC)C=CC(O[Si](CC)(CC)CC)(C=C1)c1ccc(cc1)C#CC#Cc1ccc2cc1. The minimum Gasteiger partial charge on any atom is -0.401 e. The summed E-state index contributed by atoms with van der Waals surface area (Å²) in [4.78, 5) is 0. The highest BCUT2D eigenvalue weighted by molar-refractivity contribution is 6.76. The lowest BCUT2D eigenvalue weighted by atomic mass is 9.81. The molecule has 0 radical (unpaired) electrons. The molecule has 0 amide bonds. The second-order valence-corrected chi connectivity index (χ2v) is 62.1. The van der Waals surface area contributed by atoms with Gasteiger partial charge in [0.1, 0.15) is 33.6 Å². The lowest BCUT2D eigenvalue weighted by Gasteiger charge is -2.46. The van der Waals surface area contributed by atoms with E-state index in [1.54, 1.807) is 0 Å². The van der Waals surface area contributed by atoms with E-state index in [1.165, 1.54) is 0 Å². The average molecular weight is 1670 g/mol. The van der Waals surface area contributed by atoms with Crippen molar-refractivity contribution >= 4 is 49.9 Å². The lowest BCUT2D eigenvalue weighted by molar-refractivity contribution is 0.121. The van der Waals surface area contributed by atoms with E-state index in [4.69, 9.17) is 26.6 Å². The summed E-state index contributed by atoms with van der Waals surface area (Å²) in [5.41, 5.74) is 12.9. The van der Waals surface area contributed by atoms with E-state index < -0.39 is 83.5 Å². The summed E-state index contributed by atoms with van der Waals surface area (Å²) in [5.74, 6) is 13.3. The number of hydrogen-bond donors (Lipinski definition) is 0. The monoisotopic (exact) mass is 1670 g/mol. The Hall–Kier alpha value is -7.62. The molecule has 0 saturated heterocycles. The highest BCUT2D eigenvalue weighted by Gasteiger charge is 2.51. The molecule has 0 spiro atoms. The molecule has 0 aromatic heterocycles. The van der Waals surface area contributed by atoms with Crippen molar-refractivity contribution in [2.45, 2.75) is 267 Å². The van der Waals surface area contributed by atoms with Crippen LogP contribution in [0.25, 0.3) is 44.5 Å². The van der Waals surface area contributed by atoms with Crippen molar-refractivity contribution in [3.05, 3.63) is 312 Å². The number of benzene rings is 8. The van der Waals surface area contributed by atoms with Gasteiger partial charge in [0.05, 0.1) is 0 Å². The van der Waals surface area contributed by atoms with Gasteiger partial charge in [-0.2, -0.15) is 0 Å². The number of hydrogen-bond acceptors (Lipinski definition) is 6. The molecule has 0 aliphatic heterocycles. The smallest absolute Gasteiger partial charge is 0.194 e. The second kappa shape index (κ2) is 37.8. The molecule has 6 nitrogen and oxygen atoms in total. The van der Waals surface area contributed by atoms with Crippen LogP contribution in [0.5, 0.6) is 0 Å². The summed E-state index contributed by atoms with van der Waals surface area (Å²) < 4.78 is 46.8. The fourth-order valence-electron chi connectivity index (χ4n) is 18.9. The largest absolute Gasteiger partial charge is 0.401 e. The van der Waals surface area contributed by atoms with E-state index in [1.807, 2.05) is 0 Å². The van der Waals surface area contributed by atoms with E-state index >= 15 is 0 Å². The fourth-order valence-corrected chi connectivity index (χ4v) is 36.3. The van der Waals surface area contributed by atoms with Crippen molar-refractivity contribution in [2.24, 2.45) is 0 Å². The van der Waals surface area contributed by atoms with E-state index in [-0.39, 0.29) is 0 Å². The van der Waals surface area contributed by atoms with Gasteiger partial charge in [0.25, 0.3) is 0 Å². The molecule has 8 aromatic rings. The molecule has 8 aromatic carbocycles. The summed E-state index contributed by atoms with van der Waals surface area (Å²) in [5, 5.41) is 0. The topological polar surface area (TPSA) is 55.4 Å². The zero-order chi connectivity index (χ0) is 84.1. The zero-order valence-electron chi connectivity index (χ0n) is 74.6. The van der Waals surface area contributed by atoms with E-state index in [2.05, 4.69) is 415 Å². The van der Waals surface area contributed by atoms with Gasteiger partial charge in [-0.15, -0.1) is 0 Å². The highest BCUT2D eigenvalue weighted by atomic mass is 28.4. The van der Waals surface area contributed by atoms with Crippen molar-refractivity contribution in [2.75, 3.05) is 0 Å². The maximum atomic E-state index is 7.83. The Kier molecular flexibility index (Phi) is 28.7. The van der Waals surface area contributed by atoms with Gasteiger partial charge in [-0.1, -0.05) is 306 Å². The quantitative estimate of drug-likeness (QED) is 0.0254. The minimum atomic E-state index is -2.23. The molecule has 20 aliphatic rings. The molecule has 0 N–H and O–H groups in total. The Bertz CT molecular complexity index is 4580. The maximum absolute atomic E-state index is 7.83. The standard InChI is InChI=1S/C106H134O6Si6/c1-19-113(20-2,21-3)107-101-73-77-103(78-74-101,109-115(25-7,26-8)27-9)97-65-53-91(54-66-97)87-45-49-89(50-46-87)93-57-69-99(70-58-93)105(111-117(31-13,32-14)33-15)81-83-106(84-82-105,112-118(34-16,35-17)36-18)100-71-59-94(60-72-100)90-51-47-88(48-52-90)92-55-67-98(68-56-92)104(110-116(28-10,29-11)30-12)79-75-102(76-80-104,108-114(22-4,23-5)24-6)96-63-43-86(44-64-96)40-38-37-39-85-41-61-95(101)62-42-85/h41-84H,19-36H2,1-18H3. The molecule has 0 fully saturated rings. The van der Waals surface area contributed by atoms with Crippen LogP contribution in [0.15, 0.2) is 267 Å². The molecule has 618 valence electrons. The predicted octanol–water partition coefficient (Wildman–Crippen LogP) is 29.9. The molecule has 12 heteroatoms.